The lowest BCUT2D eigenvalue weighted by Crippen LogP contribution is -2.13. The third kappa shape index (κ3) is 2.04. The summed E-state index contributed by atoms with van der Waals surface area (Å²) in [5, 5.41) is 4.01. The summed E-state index contributed by atoms with van der Waals surface area (Å²) in [5.74, 6) is 0.365. The van der Waals surface area contributed by atoms with Crippen molar-refractivity contribution in [1.29, 1.82) is 0 Å². The molecule has 0 unspecified atom stereocenters. The van der Waals surface area contributed by atoms with Crippen molar-refractivity contribution in [3.63, 3.8) is 0 Å². The van der Waals surface area contributed by atoms with E-state index in [9.17, 15) is 4.79 Å². The lowest BCUT2D eigenvalue weighted by atomic mass is 10.6. The van der Waals surface area contributed by atoms with Crippen LogP contribution in [0.4, 0.5) is 0 Å². The summed E-state index contributed by atoms with van der Waals surface area (Å²) < 4.78 is 2.54. The molecule has 15 heavy (non-hydrogen) atoms. The van der Waals surface area contributed by atoms with E-state index in [0.29, 0.717) is 19.8 Å². The standard InChI is InChI=1S/C6H2Br3N5O/c7-2-3(10-1-11-4(2)15)14-6(9)12-5(8)13-14/h1H,(H,10,11,15). The minimum Gasteiger partial charge on any atom is -0.312 e. The van der Waals surface area contributed by atoms with Gasteiger partial charge in [0.15, 0.2) is 5.82 Å². The summed E-state index contributed by atoms with van der Waals surface area (Å²) >= 11 is 9.45. The van der Waals surface area contributed by atoms with Crippen molar-refractivity contribution in [2.24, 2.45) is 0 Å². The number of halogens is 3. The Labute approximate surface area is 109 Å². The first-order chi connectivity index (χ1) is 7.09. The van der Waals surface area contributed by atoms with Crippen LogP contribution < -0.4 is 5.56 Å². The number of rotatable bonds is 1. The lowest BCUT2D eigenvalue weighted by Gasteiger charge is -2.01. The molecule has 0 radical (unpaired) electrons. The minimum atomic E-state index is -0.279. The number of nitrogens with zero attached hydrogens (tertiary/aromatic N) is 4. The highest BCUT2D eigenvalue weighted by Gasteiger charge is 2.13. The molecule has 0 saturated carbocycles. The van der Waals surface area contributed by atoms with Crippen molar-refractivity contribution in [2.75, 3.05) is 0 Å². The van der Waals surface area contributed by atoms with Crippen molar-refractivity contribution in [1.82, 2.24) is 24.7 Å². The van der Waals surface area contributed by atoms with E-state index in [2.05, 4.69) is 67.8 Å². The monoisotopic (exact) mass is 397 g/mol. The SMILES string of the molecule is O=c1[nH]cnc(-n2nc(Br)nc2Br)c1Br. The Morgan fingerprint density at radius 2 is 2.07 bits per heavy atom. The number of H-pyrrole nitrogens is 1. The van der Waals surface area contributed by atoms with Crippen LogP contribution in [0.2, 0.25) is 0 Å². The van der Waals surface area contributed by atoms with Crippen LogP contribution in [-0.2, 0) is 0 Å². The second-order valence-corrected chi connectivity index (χ2v) is 4.64. The van der Waals surface area contributed by atoms with Crippen molar-refractivity contribution in [3.05, 3.63) is 30.6 Å². The van der Waals surface area contributed by atoms with E-state index in [1.807, 2.05) is 0 Å². The van der Waals surface area contributed by atoms with Gasteiger partial charge in [-0.1, -0.05) is 0 Å². The number of aromatic nitrogens is 5. The van der Waals surface area contributed by atoms with E-state index < -0.39 is 0 Å². The maximum Gasteiger partial charge on any atom is 0.267 e. The average Bonchev–Trinajstić information content (AvgIpc) is 2.50. The molecule has 2 aromatic rings. The molecule has 0 fully saturated rings. The van der Waals surface area contributed by atoms with Crippen LogP contribution in [-0.4, -0.2) is 24.7 Å². The molecule has 2 aromatic heterocycles. The minimum absolute atomic E-state index is 0.279. The zero-order valence-corrected chi connectivity index (χ0v) is 11.7. The molecule has 0 aromatic carbocycles. The van der Waals surface area contributed by atoms with E-state index in [4.69, 9.17) is 0 Å². The Kier molecular flexibility index (Phi) is 3.03. The maximum absolute atomic E-state index is 11.3. The highest BCUT2D eigenvalue weighted by atomic mass is 79.9. The van der Waals surface area contributed by atoms with Gasteiger partial charge in [0.1, 0.15) is 4.47 Å². The molecule has 0 aliphatic heterocycles. The first-order valence-corrected chi connectivity index (χ1v) is 5.99. The van der Waals surface area contributed by atoms with E-state index in [-0.39, 0.29) is 5.56 Å². The molecular weight excluding hydrogens is 398 g/mol. The number of hydrogen-bond acceptors (Lipinski definition) is 4. The Bertz CT molecular complexity index is 562. The van der Waals surface area contributed by atoms with Crippen LogP contribution in [0.1, 0.15) is 0 Å². The Morgan fingerprint density at radius 1 is 1.33 bits per heavy atom. The van der Waals surface area contributed by atoms with Gasteiger partial charge in [-0.2, -0.15) is 9.67 Å². The van der Waals surface area contributed by atoms with Gasteiger partial charge in [-0.3, -0.25) is 4.79 Å². The van der Waals surface area contributed by atoms with Crippen molar-refractivity contribution in [3.8, 4) is 5.82 Å². The van der Waals surface area contributed by atoms with Crippen molar-refractivity contribution >= 4 is 47.8 Å². The summed E-state index contributed by atoms with van der Waals surface area (Å²) in [6.45, 7) is 0. The van der Waals surface area contributed by atoms with Crippen LogP contribution in [0, 0.1) is 0 Å². The molecule has 9 heteroatoms. The molecule has 0 atom stereocenters. The molecule has 2 heterocycles. The molecule has 2 rings (SSSR count). The molecule has 6 nitrogen and oxygen atoms in total. The molecular formula is C6H2Br3N5O. The third-order valence-electron chi connectivity index (χ3n) is 1.52. The summed E-state index contributed by atoms with van der Waals surface area (Å²) in [6, 6.07) is 0. The quantitative estimate of drug-likeness (QED) is 0.791. The van der Waals surface area contributed by atoms with Crippen LogP contribution in [0.5, 0.6) is 0 Å². The van der Waals surface area contributed by atoms with Crippen molar-refractivity contribution < 1.29 is 0 Å². The van der Waals surface area contributed by atoms with Gasteiger partial charge in [-0.15, -0.1) is 5.10 Å². The molecule has 1 N–H and O–H groups in total. The molecule has 0 spiro atoms. The fourth-order valence-electron chi connectivity index (χ4n) is 0.926. The van der Waals surface area contributed by atoms with Crippen LogP contribution in [0.3, 0.4) is 0 Å². The summed E-state index contributed by atoms with van der Waals surface area (Å²) in [7, 11) is 0. The van der Waals surface area contributed by atoms with Crippen molar-refractivity contribution in [2.45, 2.75) is 0 Å². The third-order valence-corrected chi connectivity index (χ3v) is 3.08. The Hall–Kier alpha value is -0.540. The highest BCUT2D eigenvalue weighted by Crippen LogP contribution is 2.19. The number of aromatic amines is 1. The summed E-state index contributed by atoms with van der Waals surface area (Å²) in [4.78, 5) is 21.7. The number of hydrogen-bond donors (Lipinski definition) is 1. The zero-order chi connectivity index (χ0) is 11.0. The van der Waals surface area contributed by atoms with E-state index in [1.165, 1.54) is 11.0 Å². The van der Waals surface area contributed by atoms with Crippen LogP contribution >= 0.6 is 47.8 Å². The van der Waals surface area contributed by atoms with Gasteiger partial charge in [0.05, 0.1) is 6.33 Å². The molecule has 0 bridgehead atoms. The molecule has 0 aliphatic rings. The molecule has 0 amide bonds. The van der Waals surface area contributed by atoms with Gasteiger partial charge in [0.25, 0.3) is 5.56 Å². The van der Waals surface area contributed by atoms with E-state index >= 15 is 0 Å². The largest absolute Gasteiger partial charge is 0.312 e. The van der Waals surface area contributed by atoms with Crippen LogP contribution in [0.25, 0.3) is 5.82 Å². The fraction of sp³-hybridized carbons (Fsp3) is 0. The smallest absolute Gasteiger partial charge is 0.267 e. The van der Waals surface area contributed by atoms with E-state index in [1.54, 1.807) is 0 Å². The average molecular weight is 400 g/mol. The first kappa shape index (κ1) is 11.0. The fourth-order valence-corrected chi connectivity index (χ4v) is 2.29. The van der Waals surface area contributed by atoms with Gasteiger partial charge in [-0.25, -0.2) is 4.98 Å². The maximum atomic E-state index is 11.3. The second-order valence-electron chi connectivity index (χ2n) is 2.43. The van der Waals surface area contributed by atoms with Crippen LogP contribution in [0.15, 0.2) is 25.1 Å². The second kappa shape index (κ2) is 4.14. The molecule has 78 valence electrons. The highest BCUT2D eigenvalue weighted by molar-refractivity contribution is 9.11. The van der Waals surface area contributed by atoms with Gasteiger partial charge < -0.3 is 4.98 Å². The lowest BCUT2D eigenvalue weighted by molar-refractivity contribution is 0.803. The summed E-state index contributed by atoms with van der Waals surface area (Å²) in [5.41, 5.74) is -0.279. The molecule has 0 aliphatic carbocycles. The predicted octanol–water partition coefficient (Wildman–Crippen LogP) is 1.64. The molecule has 0 saturated heterocycles. The van der Waals surface area contributed by atoms with Gasteiger partial charge >= 0.3 is 0 Å². The van der Waals surface area contributed by atoms with E-state index in [0.717, 1.165) is 0 Å². The Morgan fingerprint density at radius 3 is 2.67 bits per heavy atom. The van der Waals surface area contributed by atoms with Gasteiger partial charge in [0.2, 0.25) is 9.47 Å². The number of nitrogens with one attached hydrogen (secondary N) is 1. The first-order valence-electron chi connectivity index (χ1n) is 3.61. The summed E-state index contributed by atoms with van der Waals surface area (Å²) in [6.07, 6.45) is 1.30. The topological polar surface area (TPSA) is 76.5 Å². The zero-order valence-electron chi connectivity index (χ0n) is 6.91. The van der Waals surface area contributed by atoms with Gasteiger partial charge in [-0.05, 0) is 47.8 Å². The Balaban J connectivity index is 2.69. The predicted molar refractivity (Wildman–Crippen MR) is 62.9 cm³/mol. The normalized spacial score (nSPS) is 10.6. The van der Waals surface area contributed by atoms with Gasteiger partial charge in [0, 0.05) is 0 Å².